The lowest BCUT2D eigenvalue weighted by molar-refractivity contribution is -0.148. The summed E-state index contributed by atoms with van der Waals surface area (Å²) in [6.07, 6.45) is 1.79. The Labute approximate surface area is 236 Å². The van der Waals surface area contributed by atoms with Gasteiger partial charge in [0.05, 0.1) is 39.3 Å². The number of ketones is 1. The predicted octanol–water partition coefficient (Wildman–Crippen LogP) is 2.87. The van der Waals surface area contributed by atoms with Crippen molar-refractivity contribution in [2.24, 2.45) is 11.8 Å². The Morgan fingerprint density at radius 3 is 1.73 bits per heavy atom. The molecule has 2 heterocycles. The minimum atomic E-state index is -0.944. The monoisotopic (exact) mass is 568 g/mol. The molecule has 2 aliphatic heterocycles. The zero-order chi connectivity index (χ0) is 31.0. The van der Waals surface area contributed by atoms with Gasteiger partial charge in [-0.3, -0.25) is 14.6 Å². The van der Waals surface area contributed by atoms with Gasteiger partial charge in [0.2, 0.25) is 0 Å². The van der Waals surface area contributed by atoms with Crippen LogP contribution < -0.4 is 0 Å². The molecule has 0 aromatic rings. The van der Waals surface area contributed by atoms with Crippen LogP contribution in [0.15, 0.2) is 25.3 Å². The van der Waals surface area contributed by atoms with Crippen molar-refractivity contribution in [1.82, 2.24) is 9.80 Å². The summed E-state index contributed by atoms with van der Waals surface area (Å²) in [7, 11) is 2.48. The van der Waals surface area contributed by atoms with Crippen LogP contribution in [0.1, 0.15) is 54.4 Å². The molecular formula is C28H44N2O10. The number of allylic oxidation sites excluding steroid dienone is 2. The van der Waals surface area contributed by atoms with E-state index in [9.17, 15) is 29.1 Å². The van der Waals surface area contributed by atoms with E-state index in [0.29, 0.717) is 12.8 Å². The van der Waals surface area contributed by atoms with Crippen LogP contribution in [-0.4, -0.2) is 102 Å². The standard InChI is InChI=1S/C14H23NO5.C14H21NO5/c2*1-6-7-9-10(16)8-15(11(9)12(17)19-5)13(18)20-14(2,3)4/h6,9-11,16H,1,7-8H2,2-5H3;6,9,11H,1,7-8H2,2-5H3/t9?,10?,11-;9?,11-/m00/s1. The lowest BCUT2D eigenvalue weighted by atomic mass is 9.94. The molecule has 2 rings (SSSR count). The van der Waals surface area contributed by atoms with Gasteiger partial charge in [-0.15, -0.1) is 13.2 Å². The predicted molar refractivity (Wildman–Crippen MR) is 145 cm³/mol. The first-order valence-corrected chi connectivity index (χ1v) is 13.0. The number of hydrogen-bond donors (Lipinski definition) is 1. The Morgan fingerprint density at radius 2 is 1.30 bits per heavy atom. The molecule has 2 amide bonds. The number of hydrogen-bond acceptors (Lipinski definition) is 10. The maximum Gasteiger partial charge on any atom is 0.411 e. The number of esters is 2. The second-order valence-electron chi connectivity index (χ2n) is 11.5. The number of amides is 2. The van der Waals surface area contributed by atoms with E-state index in [4.69, 9.17) is 18.9 Å². The van der Waals surface area contributed by atoms with Crippen LogP contribution >= 0.6 is 0 Å². The number of Topliss-reactive ketones (excluding diaryl/α,β-unsaturated/α-hetero) is 1. The van der Waals surface area contributed by atoms with Crippen LogP contribution in [0.5, 0.6) is 0 Å². The van der Waals surface area contributed by atoms with Crippen molar-refractivity contribution < 1.29 is 48.0 Å². The number of aliphatic hydroxyl groups is 1. The zero-order valence-corrected chi connectivity index (χ0v) is 24.8. The van der Waals surface area contributed by atoms with E-state index in [1.807, 2.05) is 0 Å². The molecule has 12 nitrogen and oxygen atoms in total. The molecule has 0 aliphatic carbocycles. The van der Waals surface area contributed by atoms with Crippen LogP contribution in [0.25, 0.3) is 0 Å². The molecule has 0 aromatic carbocycles. The van der Waals surface area contributed by atoms with E-state index in [0.717, 1.165) is 4.90 Å². The topological polar surface area (TPSA) is 149 Å². The second kappa shape index (κ2) is 14.3. The van der Waals surface area contributed by atoms with Crippen LogP contribution in [0, 0.1) is 11.8 Å². The van der Waals surface area contributed by atoms with Crippen molar-refractivity contribution in [2.45, 2.75) is 83.8 Å². The first-order valence-electron chi connectivity index (χ1n) is 13.0. The largest absolute Gasteiger partial charge is 0.467 e. The number of rotatable bonds is 6. The molecule has 2 saturated heterocycles. The van der Waals surface area contributed by atoms with Crippen molar-refractivity contribution in [3.63, 3.8) is 0 Å². The molecule has 0 radical (unpaired) electrons. The summed E-state index contributed by atoms with van der Waals surface area (Å²) in [5, 5.41) is 10.0. The summed E-state index contributed by atoms with van der Waals surface area (Å²) >= 11 is 0. The van der Waals surface area contributed by atoms with Crippen molar-refractivity contribution in [1.29, 1.82) is 0 Å². The normalized spacial score (nSPS) is 24.4. The first-order chi connectivity index (χ1) is 18.4. The highest BCUT2D eigenvalue weighted by atomic mass is 16.6. The number of nitrogens with zero attached hydrogens (tertiary/aromatic N) is 2. The maximum absolute atomic E-state index is 12.1. The Balaban J connectivity index is 0.000000400. The van der Waals surface area contributed by atoms with Gasteiger partial charge in [-0.05, 0) is 54.4 Å². The highest BCUT2D eigenvalue weighted by Gasteiger charge is 2.49. The van der Waals surface area contributed by atoms with E-state index in [1.165, 1.54) is 19.1 Å². The van der Waals surface area contributed by atoms with E-state index in [2.05, 4.69) is 13.2 Å². The fourth-order valence-corrected chi connectivity index (χ4v) is 4.43. The third-order valence-electron chi connectivity index (χ3n) is 6.08. The van der Waals surface area contributed by atoms with E-state index >= 15 is 0 Å². The van der Waals surface area contributed by atoms with Crippen LogP contribution in [0.4, 0.5) is 9.59 Å². The first kappa shape index (κ1) is 34.6. The average molecular weight is 569 g/mol. The molecule has 5 atom stereocenters. The van der Waals surface area contributed by atoms with Crippen LogP contribution in [0.3, 0.4) is 0 Å². The molecule has 1 N–H and O–H groups in total. The number of carbonyl (C=O) groups is 5. The Morgan fingerprint density at radius 1 is 0.850 bits per heavy atom. The quantitative estimate of drug-likeness (QED) is 0.288. The molecule has 40 heavy (non-hydrogen) atoms. The van der Waals surface area contributed by atoms with Gasteiger partial charge in [-0.1, -0.05) is 12.2 Å². The molecule has 0 saturated carbocycles. The summed E-state index contributed by atoms with van der Waals surface area (Å²) in [5.41, 5.74) is -1.36. The molecule has 2 fully saturated rings. The van der Waals surface area contributed by atoms with Gasteiger partial charge in [-0.25, -0.2) is 19.2 Å². The number of methoxy groups -OCH3 is 2. The fraction of sp³-hybridized carbons (Fsp3) is 0.679. The van der Waals surface area contributed by atoms with Gasteiger partial charge in [0.1, 0.15) is 23.3 Å². The lowest BCUT2D eigenvalue weighted by Crippen LogP contribution is -2.46. The Hall–Kier alpha value is -3.41. The van der Waals surface area contributed by atoms with E-state index in [-0.39, 0.29) is 18.9 Å². The number of ether oxygens (including phenoxy) is 4. The molecule has 0 spiro atoms. The highest BCUT2D eigenvalue weighted by molar-refractivity contribution is 5.97. The molecular weight excluding hydrogens is 524 g/mol. The minimum absolute atomic E-state index is 0.0488. The summed E-state index contributed by atoms with van der Waals surface area (Å²) in [5.74, 6) is -2.40. The van der Waals surface area contributed by atoms with Crippen LogP contribution in [0.2, 0.25) is 0 Å². The zero-order valence-electron chi connectivity index (χ0n) is 24.8. The van der Waals surface area contributed by atoms with Gasteiger partial charge in [0, 0.05) is 5.92 Å². The number of likely N-dealkylation sites (tertiary alicyclic amines) is 2. The number of carbonyl (C=O) groups excluding carboxylic acids is 5. The molecule has 226 valence electrons. The van der Waals surface area contributed by atoms with E-state index < -0.39 is 65.4 Å². The number of aliphatic hydroxyl groups excluding tert-OH is 1. The second-order valence-corrected chi connectivity index (χ2v) is 11.5. The number of β-amino-alcohol motifs (C(OH)–C–C–N with tert-alkyl or cyclic N) is 1. The van der Waals surface area contributed by atoms with Gasteiger partial charge in [-0.2, -0.15) is 0 Å². The average Bonchev–Trinajstić information content (AvgIpc) is 3.34. The van der Waals surface area contributed by atoms with Crippen LogP contribution in [-0.2, 0) is 33.3 Å². The lowest BCUT2D eigenvalue weighted by Gasteiger charge is -2.28. The summed E-state index contributed by atoms with van der Waals surface area (Å²) in [4.78, 5) is 62.4. The summed E-state index contributed by atoms with van der Waals surface area (Å²) in [6, 6.07) is -1.79. The van der Waals surface area contributed by atoms with Crippen molar-refractivity contribution in [2.75, 3.05) is 27.3 Å². The Bertz CT molecular complexity index is 965. The maximum atomic E-state index is 12.1. The fourth-order valence-electron chi connectivity index (χ4n) is 4.43. The summed E-state index contributed by atoms with van der Waals surface area (Å²) < 4.78 is 19.9. The third-order valence-corrected chi connectivity index (χ3v) is 6.08. The van der Waals surface area contributed by atoms with Gasteiger partial charge >= 0.3 is 24.1 Å². The Kier molecular flexibility index (Phi) is 12.4. The van der Waals surface area contributed by atoms with E-state index in [1.54, 1.807) is 53.7 Å². The van der Waals surface area contributed by atoms with Gasteiger partial charge in [0.25, 0.3) is 0 Å². The molecule has 2 aliphatic rings. The molecule has 0 aromatic heterocycles. The third kappa shape index (κ3) is 9.35. The molecule has 12 heteroatoms. The molecule has 0 bridgehead atoms. The van der Waals surface area contributed by atoms with Crippen molar-refractivity contribution in [3.8, 4) is 0 Å². The summed E-state index contributed by atoms with van der Waals surface area (Å²) in [6.45, 7) is 17.5. The molecule has 3 unspecified atom stereocenters. The smallest absolute Gasteiger partial charge is 0.411 e. The minimum Gasteiger partial charge on any atom is -0.467 e. The van der Waals surface area contributed by atoms with Crippen molar-refractivity contribution >= 4 is 29.9 Å². The van der Waals surface area contributed by atoms with Gasteiger partial charge < -0.3 is 24.1 Å². The van der Waals surface area contributed by atoms with Crippen molar-refractivity contribution in [3.05, 3.63) is 25.3 Å². The highest BCUT2D eigenvalue weighted by Crippen LogP contribution is 2.31. The van der Waals surface area contributed by atoms with Gasteiger partial charge in [0.15, 0.2) is 5.78 Å². The SMILES string of the molecule is C=CCC1C(=O)CN(C(=O)OC(C)(C)C)[C@@H]1C(=O)OC.C=CCC1C(O)CN(C(=O)OC(C)(C)C)[C@@H]1C(=O)OC.